The number of hydrogen-bond acceptors (Lipinski definition) is 4. The molecule has 0 aliphatic carbocycles. The maximum atomic E-state index is 12.7. The standard InChI is InChI=1S/C23H28N2O3/c1-5-20(16-26)24-23(27)22-14-21(28-4)13-12-19(22)11-10-17-6-8-18(9-7-17)15-25(2)3/h6-14,16,20H,5,15H2,1-4H3,(H,24,27). The Labute approximate surface area is 167 Å². The van der Waals surface area contributed by atoms with E-state index in [0.29, 0.717) is 17.7 Å². The molecule has 0 heterocycles. The molecular weight excluding hydrogens is 352 g/mol. The maximum Gasteiger partial charge on any atom is 0.252 e. The lowest BCUT2D eigenvalue weighted by Gasteiger charge is -2.13. The Bertz CT molecular complexity index is 826. The molecule has 0 saturated carbocycles. The summed E-state index contributed by atoms with van der Waals surface area (Å²) in [6.45, 7) is 2.74. The minimum Gasteiger partial charge on any atom is -0.497 e. The smallest absolute Gasteiger partial charge is 0.252 e. The molecule has 0 fully saturated rings. The molecule has 0 saturated heterocycles. The summed E-state index contributed by atoms with van der Waals surface area (Å²) in [4.78, 5) is 25.8. The fourth-order valence-electron chi connectivity index (χ4n) is 2.77. The number of rotatable bonds is 9. The van der Waals surface area contributed by atoms with Crippen LogP contribution in [-0.2, 0) is 11.3 Å². The molecule has 1 amide bonds. The third kappa shape index (κ3) is 6.06. The van der Waals surface area contributed by atoms with Crippen molar-refractivity contribution in [1.82, 2.24) is 10.2 Å². The molecule has 0 spiro atoms. The van der Waals surface area contributed by atoms with Gasteiger partial charge in [-0.2, -0.15) is 0 Å². The van der Waals surface area contributed by atoms with Gasteiger partial charge in [0.25, 0.3) is 5.91 Å². The number of ether oxygens (including phenoxy) is 1. The summed E-state index contributed by atoms with van der Waals surface area (Å²) in [7, 11) is 5.64. The molecule has 0 bridgehead atoms. The Morgan fingerprint density at radius 1 is 1.14 bits per heavy atom. The van der Waals surface area contributed by atoms with E-state index in [4.69, 9.17) is 4.74 Å². The Morgan fingerprint density at radius 2 is 1.86 bits per heavy atom. The number of nitrogens with zero attached hydrogens (tertiary/aromatic N) is 1. The quantitative estimate of drug-likeness (QED) is 0.533. The van der Waals surface area contributed by atoms with Gasteiger partial charge in [0.15, 0.2) is 0 Å². The minimum atomic E-state index is -0.500. The molecule has 28 heavy (non-hydrogen) atoms. The Kier molecular flexibility index (Phi) is 7.96. The molecule has 0 aliphatic rings. The molecule has 0 radical (unpaired) electrons. The first kappa shape index (κ1) is 21.4. The fraction of sp³-hybridized carbons (Fsp3) is 0.304. The van der Waals surface area contributed by atoms with Crippen LogP contribution in [0.5, 0.6) is 5.75 Å². The molecule has 5 nitrogen and oxygen atoms in total. The van der Waals surface area contributed by atoms with Crippen LogP contribution in [0.4, 0.5) is 0 Å². The summed E-state index contributed by atoms with van der Waals surface area (Å²) in [5, 5.41) is 2.75. The van der Waals surface area contributed by atoms with Crippen molar-refractivity contribution in [3.63, 3.8) is 0 Å². The van der Waals surface area contributed by atoms with E-state index in [2.05, 4.69) is 34.5 Å². The topological polar surface area (TPSA) is 58.6 Å². The predicted octanol–water partition coefficient (Wildman–Crippen LogP) is 3.63. The number of carbonyl (C=O) groups is 2. The lowest BCUT2D eigenvalue weighted by Crippen LogP contribution is -2.35. The zero-order valence-electron chi connectivity index (χ0n) is 16.9. The summed E-state index contributed by atoms with van der Waals surface area (Å²) in [6, 6.07) is 13.1. The largest absolute Gasteiger partial charge is 0.497 e. The lowest BCUT2D eigenvalue weighted by atomic mass is 10.0. The summed E-state index contributed by atoms with van der Waals surface area (Å²) in [5.41, 5.74) is 3.52. The van der Waals surface area contributed by atoms with E-state index in [-0.39, 0.29) is 5.91 Å². The summed E-state index contributed by atoms with van der Waals surface area (Å²) in [6.07, 6.45) is 5.17. The summed E-state index contributed by atoms with van der Waals surface area (Å²) in [5.74, 6) is 0.299. The minimum absolute atomic E-state index is 0.293. The maximum absolute atomic E-state index is 12.7. The van der Waals surface area contributed by atoms with Gasteiger partial charge in [0.2, 0.25) is 0 Å². The summed E-state index contributed by atoms with van der Waals surface area (Å²) >= 11 is 0. The Morgan fingerprint density at radius 3 is 2.43 bits per heavy atom. The summed E-state index contributed by atoms with van der Waals surface area (Å²) < 4.78 is 5.25. The molecular formula is C23H28N2O3. The average Bonchev–Trinajstić information content (AvgIpc) is 2.70. The highest BCUT2D eigenvalue weighted by Gasteiger charge is 2.15. The molecule has 1 atom stereocenters. The second kappa shape index (κ2) is 10.4. The molecule has 0 aromatic heterocycles. The van der Waals surface area contributed by atoms with Gasteiger partial charge in [0, 0.05) is 6.54 Å². The van der Waals surface area contributed by atoms with Crippen LogP contribution in [0.15, 0.2) is 42.5 Å². The van der Waals surface area contributed by atoms with E-state index < -0.39 is 6.04 Å². The van der Waals surface area contributed by atoms with Gasteiger partial charge >= 0.3 is 0 Å². The van der Waals surface area contributed by atoms with Crippen LogP contribution in [0, 0.1) is 0 Å². The third-order valence-electron chi connectivity index (χ3n) is 4.36. The SMILES string of the molecule is CCC(C=O)NC(=O)c1cc(OC)ccc1C=Cc1ccc(CN(C)C)cc1. The number of hydrogen-bond donors (Lipinski definition) is 1. The number of nitrogens with one attached hydrogen (secondary N) is 1. The first-order chi connectivity index (χ1) is 13.5. The molecule has 2 aromatic carbocycles. The van der Waals surface area contributed by atoms with Gasteiger partial charge in [-0.05, 0) is 49.3 Å². The molecule has 2 aromatic rings. The van der Waals surface area contributed by atoms with Crippen LogP contribution in [0.25, 0.3) is 12.2 Å². The molecule has 1 N–H and O–H groups in total. The molecule has 148 valence electrons. The lowest BCUT2D eigenvalue weighted by molar-refractivity contribution is -0.109. The highest BCUT2D eigenvalue weighted by molar-refractivity contribution is 6.00. The van der Waals surface area contributed by atoms with Gasteiger partial charge in [-0.1, -0.05) is 49.4 Å². The number of amides is 1. The second-order valence-electron chi connectivity index (χ2n) is 6.89. The Hall–Kier alpha value is -2.92. The van der Waals surface area contributed by atoms with Crippen molar-refractivity contribution in [3.05, 3.63) is 64.7 Å². The van der Waals surface area contributed by atoms with Crippen LogP contribution >= 0.6 is 0 Å². The first-order valence-corrected chi connectivity index (χ1v) is 9.32. The number of carbonyl (C=O) groups excluding carboxylic acids is 2. The van der Waals surface area contributed by atoms with Gasteiger partial charge in [-0.15, -0.1) is 0 Å². The van der Waals surface area contributed by atoms with Gasteiger partial charge in [0.05, 0.1) is 18.7 Å². The molecule has 1 unspecified atom stereocenters. The van der Waals surface area contributed by atoms with Crippen LogP contribution in [0.1, 0.15) is 40.4 Å². The zero-order chi connectivity index (χ0) is 20.5. The van der Waals surface area contributed by atoms with Crippen molar-refractivity contribution in [1.29, 1.82) is 0 Å². The van der Waals surface area contributed by atoms with Crippen molar-refractivity contribution in [2.24, 2.45) is 0 Å². The number of methoxy groups -OCH3 is 1. The second-order valence-corrected chi connectivity index (χ2v) is 6.89. The highest BCUT2D eigenvalue weighted by atomic mass is 16.5. The third-order valence-corrected chi connectivity index (χ3v) is 4.36. The van der Waals surface area contributed by atoms with Gasteiger partial charge < -0.3 is 19.7 Å². The average molecular weight is 380 g/mol. The number of aldehydes is 1. The van der Waals surface area contributed by atoms with E-state index in [1.54, 1.807) is 13.2 Å². The molecule has 0 aliphatic heterocycles. The zero-order valence-corrected chi connectivity index (χ0v) is 16.9. The van der Waals surface area contributed by atoms with E-state index in [0.717, 1.165) is 24.0 Å². The Balaban J connectivity index is 2.25. The normalized spacial score (nSPS) is 12.2. The van der Waals surface area contributed by atoms with Crippen molar-refractivity contribution < 1.29 is 14.3 Å². The fourth-order valence-corrected chi connectivity index (χ4v) is 2.77. The van der Waals surface area contributed by atoms with Crippen LogP contribution < -0.4 is 10.1 Å². The van der Waals surface area contributed by atoms with Gasteiger partial charge in [-0.25, -0.2) is 0 Å². The van der Waals surface area contributed by atoms with Crippen LogP contribution in [0.3, 0.4) is 0 Å². The van der Waals surface area contributed by atoms with Crippen molar-refractivity contribution in [3.8, 4) is 5.75 Å². The van der Waals surface area contributed by atoms with Crippen molar-refractivity contribution in [2.45, 2.75) is 25.9 Å². The van der Waals surface area contributed by atoms with Crippen molar-refractivity contribution in [2.75, 3.05) is 21.2 Å². The van der Waals surface area contributed by atoms with Crippen LogP contribution in [0.2, 0.25) is 0 Å². The van der Waals surface area contributed by atoms with Gasteiger partial charge in [0.1, 0.15) is 12.0 Å². The molecule has 5 heteroatoms. The van der Waals surface area contributed by atoms with Gasteiger partial charge in [-0.3, -0.25) is 4.79 Å². The monoisotopic (exact) mass is 380 g/mol. The van der Waals surface area contributed by atoms with Crippen molar-refractivity contribution >= 4 is 24.3 Å². The van der Waals surface area contributed by atoms with E-state index in [9.17, 15) is 9.59 Å². The predicted molar refractivity (Wildman–Crippen MR) is 113 cm³/mol. The van der Waals surface area contributed by atoms with Crippen LogP contribution in [-0.4, -0.2) is 44.3 Å². The van der Waals surface area contributed by atoms with E-state index in [1.165, 1.54) is 5.56 Å². The first-order valence-electron chi connectivity index (χ1n) is 9.32. The van der Waals surface area contributed by atoms with E-state index in [1.807, 2.05) is 45.3 Å². The number of benzene rings is 2. The highest BCUT2D eigenvalue weighted by Crippen LogP contribution is 2.20. The molecule has 2 rings (SSSR count). The van der Waals surface area contributed by atoms with E-state index >= 15 is 0 Å².